The average Bonchev–Trinajstić information content (AvgIpc) is 1.95. The molecule has 0 aromatic heterocycles. The van der Waals surface area contributed by atoms with Crippen molar-refractivity contribution in [3.05, 3.63) is 0 Å². The van der Waals surface area contributed by atoms with Gasteiger partial charge in [0.15, 0.2) is 5.78 Å². The van der Waals surface area contributed by atoms with Crippen molar-refractivity contribution in [2.45, 2.75) is 18.6 Å². The number of rotatable bonds is 1. The number of ketones is 1. The van der Waals surface area contributed by atoms with Gasteiger partial charge in [-0.15, -0.1) is 0 Å². The van der Waals surface area contributed by atoms with Crippen LogP contribution in [0.2, 0.25) is 0 Å². The van der Waals surface area contributed by atoms with Crippen LogP contribution >= 0.6 is 0 Å². The zero-order chi connectivity index (χ0) is 7.56. The molecule has 0 aliphatic carbocycles. The van der Waals surface area contributed by atoms with E-state index < -0.39 is 6.10 Å². The second-order valence-corrected chi connectivity index (χ2v) is 2.33. The maximum atomic E-state index is 10.6. The van der Waals surface area contributed by atoms with Crippen molar-refractivity contribution >= 4 is 5.78 Å². The molecular formula is C6H10O4. The minimum absolute atomic E-state index is 0.0770. The number of hydrogen-bond donors (Lipinski definition) is 2. The normalized spacial score (nSPS) is 34.4. The molecule has 58 valence electrons. The van der Waals surface area contributed by atoms with Crippen LogP contribution in [0.4, 0.5) is 0 Å². The summed E-state index contributed by atoms with van der Waals surface area (Å²) in [7, 11) is 0. The predicted octanol–water partition coefficient (Wildman–Crippen LogP) is -1.30. The molecular weight excluding hydrogens is 136 g/mol. The Morgan fingerprint density at radius 3 is 2.90 bits per heavy atom. The van der Waals surface area contributed by atoms with E-state index >= 15 is 0 Å². The van der Waals surface area contributed by atoms with Gasteiger partial charge in [0, 0.05) is 6.42 Å². The van der Waals surface area contributed by atoms with Crippen LogP contribution in [0.15, 0.2) is 0 Å². The third-order valence-corrected chi connectivity index (χ3v) is 1.52. The molecule has 2 atom stereocenters. The van der Waals surface area contributed by atoms with Gasteiger partial charge in [-0.05, 0) is 0 Å². The Morgan fingerprint density at radius 1 is 1.70 bits per heavy atom. The molecule has 0 bridgehead atoms. The highest BCUT2D eigenvalue weighted by Gasteiger charge is 2.26. The predicted molar refractivity (Wildman–Crippen MR) is 32.5 cm³/mol. The highest BCUT2D eigenvalue weighted by molar-refractivity contribution is 5.84. The van der Waals surface area contributed by atoms with E-state index in [2.05, 4.69) is 0 Å². The van der Waals surface area contributed by atoms with Crippen molar-refractivity contribution in [3.63, 3.8) is 0 Å². The first-order valence-electron chi connectivity index (χ1n) is 3.17. The van der Waals surface area contributed by atoms with Crippen LogP contribution in [0.1, 0.15) is 6.42 Å². The van der Waals surface area contributed by atoms with Crippen molar-refractivity contribution in [2.24, 2.45) is 0 Å². The molecule has 0 saturated carbocycles. The van der Waals surface area contributed by atoms with Crippen LogP contribution in [-0.4, -0.2) is 41.4 Å². The van der Waals surface area contributed by atoms with Gasteiger partial charge in [-0.2, -0.15) is 0 Å². The first-order chi connectivity index (χ1) is 4.74. The first-order valence-corrected chi connectivity index (χ1v) is 3.17. The van der Waals surface area contributed by atoms with Crippen molar-refractivity contribution in [1.82, 2.24) is 0 Å². The van der Waals surface area contributed by atoms with E-state index in [0.29, 0.717) is 0 Å². The lowest BCUT2D eigenvalue weighted by Gasteiger charge is -2.23. The minimum atomic E-state index is -0.939. The number of carbonyl (C=O) groups is 1. The molecule has 0 amide bonds. The topological polar surface area (TPSA) is 66.8 Å². The lowest BCUT2D eigenvalue weighted by molar-refractivity contribution is -0.146. The SMILES string of the molecule is O=C1CO[C@H](CO)C[C@@H]1O. The standard InChI is InChI=1S/C6H10O4/c7-2-4-1-5(8)6(9)3-10-4/h4-5,7-8H,1-3H2/t4-,5-/m0/s1. The van der Waals surface area contributed by atoms with E-state index in [0.717, 1.165) is 0 Å². The van der Waals surface area contributed by atoms with E-state index in [1.165, 1.54) is 0 Å². The Balaban J connectivity index is 2.40. The maximum absolute atomic E-state index is 10.6. The van der Waals surface area contributed by atoms with Crippen LogP contribution in [0.5, 0.6) is 0 Å². The minimum Gasteiger partial charge on any atom is -0.394 e. The van der Waals surface area contributed by atoms with Gasteiger partial charge in [0.25, 0.3) is 0 Å². The molecule has 1 rings (SSSR count). The Morgan fingerprint density at radius 2 is 2.40 bits per heavy atom. The molecule has 1 aliphatic heterocycles. The fraction of sp³-hybridized carbons (Fsp3) is 0.833. The largest absolute Gasteiger partial charge is 0.394 e. The van der Waals surface area contributed by atoms with Crippen molar-refractivity contribution in [1.29, 1.82) is 0 Å². The summed E-state index contributed by atoms with van der Waals surface area (Å²) in [6, 6.07) is 0. The van der Waals surface area contributed by atoms with E-state index in [4.69, 9.17) is 14.9 Å². The fourth-order valence-electron chi connectivity index (χ4n) is 0.872. The summed E-state index contributed by atoms with van der Waals surface area (Å²) in [5.74, 6) is -0.301. The molecule has 0 radical (unpaired) electrons. The molecule has 1 aliphatic rings. The van der Waals surface area contributed by atoms with Gasteiger partial charge in [-0.25, -0.2) is 0 Å². The van der Waals surface area contributed by atoms with Gasteiger partial charge < -0.3 is 14.9 Å². The van der Waals surface area contributed by atoms with Crippen LogP contribution in [-0.2, 0) is 9.53 Å². The Kier molecular flexibility index (Phi) is 2.37. The van der Waals surface area contributed by atoms with Crippen LogP contribution in [0.25, 0.3) is 0 Å². The van der Waals surface area contributed by atoms with Crippen LogP contribution < -0.4 is 0 Å². The van der Waals surface area contributed by atoms with Gasteiger partial charge in [0.2, 0.25) is 0 Å². The number of aliphatic hydroxyl groups excluding tert-OH is 2. The molecule has 0 aromatic rings. The molecule has 2 N–H and O–H groups in total. The number of Topliss-reactive ketones (excluding diaryl/α,β-unsaturated/α-hetero) is 1. The summed E-state index contributed by atoms with van der Waals surface area (Å²) in [4.78, 5) is 10.6. The second kappa shape index (κ2) is 3.09. The zero-order valence-corrected chi connectivity index (χ0v) is 5.49. The Hall–Kier alpha value is -0.450. The first kappa shape index (κ1) is 7.65. The van der Waals surface area contributed by atoms with Crippen molar-refractivity contribution in [2.75, 3.05) is 13.2 Å². The van der Waals surface area contributed by atoms with E-state index in [-0.39, 0.29) is 31.5 Å². The summed E-state index contributed by atoms with van der Waals surface area (Å²) in [6.45, 7) is -0.212. The number of carbonyl (C=O) groups excluding carboxylic acids is 1. The fourth-order valence-corrected chi connectivity index (χ4v) is 0.872. The van der Waals surface area contributed by atoms with E-state index in [1.807, 2.05) is 0 Å². The third-order valence-electron chi connectivity index (χ3n) is 1.52. The highest BCUT2D eigenvalue weighted by atomic mass is 16.5. The summed E-state index contributed by atoms with van der Waals surface area (Å²) < 4.78 is 4.85. The average molecular weight is 146 g/mol. The van der Waals surface area contributed by atoms with E-state index in [1.54, 1.807) is 0 Å². The molecule has 10 heavy (non-hydrogen) atoms. The smallest absolute Gasteiger partial charge is 0.186 e. The number of hydrogen-bond acceptors (Lipinski definition) is 4. The summed E-state index contributed by atoms with van der Waals surface area (Å²) in [6.07, 6.45) is -1.09. The summed E-state index contributed by atoms with van der Waals surface area (Å²) in [5.41, 5.74) is 0. The highest BCUT2D eigenvalue weighted by Crippen LogP contribution is 2.09. The molecule has 1 saturated heterocycles. The molecule has 4 nitrogen and oxygen atoms in total. The zero-order valence-electron chi connectivity index (χ0n) is 5.49. The second-order valence-electron chi connectivity index (χ2n) is 2.33. The van der Waals surface area contributed by atoms with Crippen LogP contribution in [0, 0.1) is 0 Å². The van der Waals surface area contributed by atoms with Gasteiger partial charge in [0.1, 0.15) is 12.7 Å². The number of aliphatic hydroxyl groups is 2. The molecule has 0 spiro atoms. The van der Waals surface area contributed by atoms with Gasteiger partial charge in [-0.1, -0.05) is 0 Å². The molecule has 1 fully saturated rings. The molecule has 1 heterocycles. The summed E-state index contributed by atoms with van der Waals surface area (Å²) in [5, 5.41) is 17.5. The van der Waals surface area contributed by atoms with E-state index in [9.17, 15) is 4.79 Å². The summed E-state index contributed by atoms with van der Waals surface area (Å²) >= 11 is 0. The lowest BCUT2D eigenvalue weighted by atomic mass is 10.1. The van der Waals surface area contributed by atoms with Gasteiger partial charge in [-0.3, -0.25) is 4.79 Å². The maximum Gasteiger partial charge on any atom is 0.186 e. The monoisotopic (exact) mass is 146 g/mol. The Bertz CT molecular complexity index is 134. The van der Waals surface area contributed by atoms with Gasteiger partial charge in [0.05, 0.1) is 12.7 Å². The molecule has 0 aromatic carbocycles. The number of ether oxygens (including phenoxy) is 1. The van der Waals surface area contributed by atoms with Crippen LogP contribution in [0.3, 0.4) is 0 Å². The van der Waals surface area contributed by atoms with Crippen molar-refractivity contribution < 1.29 is 19.7 Å². The lowest BCUT2D eigenvalue weighted by Crippen LogP contribution is -2.39. The van der Waals surface area contributed by atoms with Gasteiger partial charge >= 0.3 is 0 Å². The van der Waals surface area contributed by atoms with Crippen molar-refractivity contribution in [3.8, 4) is 0 Å². The Labute approximate surface area is 58.4 Å². The third kappa shape index (κ3) is 1.53. The molecule has 4 heteroatoms. The molecule has 0 unspecified atom stereocenters. The quantitative estimate of drug-likeness (QED) is 0.482.